The number of hydrogen-bond donors (Lipinski definition) is 6. The number of aromatic amines is 4. The van der Waals surface area contributed by atoms with Crippen LogP contribution in [-0.4, -0.2) is 91.4 Å². The molecule has 2 aliphatic heterocycles. The molecule has 12 aromatic rings. The topological polar surface area (TPSA) is 113 Å². The molecule has 0 bridgehead atoms. The third-order valence-corrected chi connectivity index (χ3v) is 13.1. The molecule has 0 unspecified atom stereocenters. The number of para-hydroxylation sites is 2. The first-order chi connectivity index (χ1) is 42.0. The van der Waals surface area contributed by atoms with Gasteiger partial charge in [0.2, 0.25) is 0 Å². The zero-order valence-corrected chi connectivity index (χ0v) is 53.7. The number of imidazole rings is 2. The highest BCUT2D eigenvalue weighted by Crippen LogP contribution is 2.29. The summed E-state index contributed by atoms with van der Waals surface area (Å²) in [6, 6.07) is 56.5. The monoisotopic (exact) mass is 1130 g/mol. The standard InChI is InChI=1S/C11H10.C10H11N.C9H11N.2C9H9N.2C8H8N2.7CH3B/c1-9-5-4-7-10-6-2-3-8-11(9)10;1-7-4-3-5-10-9(7)6-8(2)11-10;3*1-7-3-2-4-9-8(7)5-6-10-9;2*1-6-3-2-4-7-8(6)10-5-9-7;7*1-2/h2-8H,1H3;3-5,11H,2,6H2,1H3;2-4,10H,5-6H2,1H3;2*2-6,10H,1H3;2*2-5H,1H3,(H,9,10);7*1H3. The molecule has 0 saturated heterocycles. The molecule has 432 valence electrons. The van der Waals surface area contributed by atoms with Gasteiger partial charge in [-0.1, -0.05) is 170 Å². The Morgan fingerprint density at radius 1 is 0.349 bits per heavy atom. The summed E-state index contributed by atoms with van der Waals surface area (Å²) in [6.07, 6.45) is 9.56. The van der Waals surface area contributed by atoms with Crippen LogP contribution in [0.15, 0.2) is 201 Å². The Labute approximate surface area is 525 Å². The number of nitrogens with one attached hydrogen (secondary N) is 6. The largest absolute Gasteiger partial charge is 0.384 e. The van der Waals surface area contributed by atoms with Gasteiger partial charge in [0.25, 0.3) is 0 Å². The molecule has 0 saturated carbocycles. The first-order valence-electron chi connectivity index (χ1n) is 28.7. The van der Waals surface area contributed by atoms with Gasteiger partial charge in [-0.15, -0.1) is 0 Å². The van der Waals surface area contributed by atoms with Gasteiger partial charge >= 0.3 is 0 Å². The molecule has 6 heterocycles. The third kappa shape index (κ3) is 23.4. The van der Waals surface area contributed by atoms with Gasteiger partial charge in [-0.25, -0.2) is 9.97 Å². The quantitative estimate of drug-likeness (QED) is 0.0849. The van der Waals surface area contributed by atoms with Crippen LogP contribution in [0, 0.1) is 48.5 Å². The summed E-state index contributed by atoms with van der Waals surface area (Å²) in [4.78, 5) is 20.7. The van der Waals surface area contributed by atoms with Gasteiger partial charge < -0.3 is 30.6 Å². The normalized spacial score (nSPS) is 10.1. The van der Waals surface area contributed by atoms with Crippen molar-refractivity contribution in [3.05, 3.63) is 251 Å². The van der Waals surface area contributed by atoms with Crippen LogP contribution < -0.4 is 10.6 Å². The number of H-pyrrole nitrogens is 4. The van der Waals surface area contributed by atoms with Crippen LogP contribution in [0.4, 0.5) is 11.4 Å². The fourth-order valence-electron chi connectivity index (χ4n) is 9.12. The number of nitrogens with zero attached hydrogens (tertiary/aromatic N) is 2. The zero-order chi connectivity index (χ0) is 64.4. The van der Waals surface area contributed by atoms with E-state index >= 15 is 0 Å². The molecule has 15 heteroatoms. The zero-order valence-electron chi connectivity index (χ0n) is 53.7. The predicted molar refractivity (Wildman–Crippen MR) is 389 cm³/mol. The van der Waals surface area contributed by atoms with Crippen LogP contribution >= 0.6 is 0 Å². The summed E-state index contributed by atoms with van der Waals surface area (Å²) in [7, 11) is 31.5. The van der Waals surface area contributed by atoms with Crippen LogP contribution in [-0.2, 0) is 12.8 Å². The van der Waals surface area contributed by atoms with Crippen molar-refractivity contribution in [1.29, 1.82) is 0 Å². The minimum Gasteiger partial charge on any atom is -0.384 e. The molecule has 86 heavy (non-hydrogen) atoms. The average molecular weight is 1130 g/mol. The van der Waals surface area contributed by atoms with Crippen LogP contribution in [0.1, 0.15) is 50.1 Å². The number of benzene rings is 8. The Bertz CT molecular complexity index is 3440. The second kappa shape index (κ2) is 44.3. The summed E-state index contributed by atoms with van der Waals surface area (Å²) in [5.41, 5.74) is 22.6. The van der Waals surface area contributed by atoms with Crippen molar-refractivity contribution >= 4 is 121 Å². The van der Waals surface area contributed by atoms with Crippen molar-refractivity contribution in [3.63, 3.8) is 0 Å². The lowest BCUT2D eigenvalue weighted by molar-refractivity contribution is 1.09. The van der Waals surface area contributed by atoms with Crippen molar-refractivity contribution in [2.45, 2.75) is 109 Å². The average Bonchev–Trinajstić information content (AvgIpc) is 3.98. The number of anilines is 2. The maximum absolute atomic E-state index is 4.50. The second-order valence-electron chi connectivity index (χ2n) is 18.4. The van der Waals surface area contributed by atoms with E-state index < -0.39 is 0 Å². The minimum absolute atomic E-state index is 0.988. The van der Waals surface area contributed by atoms with Gasteiger partial charge in [0.05, 0.1) is 89.6 Å². The third-order valence-electron chi connectivity index (χ3n) is 13.1. The Morgan fingerprint density at radius 3 is 1.15 bits per heavy atom. The van der Waals surface area contributed by atoms with E-state index in [9.17, 15) is 0 Å². The summed E-state index contributed by atoms with van der Waals surface area (Å²) < 4.78 is 0. The number of aryl methyl sites for hydroxylation is 7. The van der Waals surface area contributed by atoms with Crippen molar-refractivity contribution in [2.24, 2.45) is 0 Å². The molecule has 8 nitrogen and oxygen atoms in total. The molecule has 0 atom stereocenters. The first-order valence-corrected chi connectivity index (χ1v) is 28.7. The summed E-state index contributed by atoms with van der Waals surface area (Å²) in [5, 5.41) is 11.9. The highest BCUT2D eigenvalue weighted by Gasteiger charge is 2.14. The highest BCUT2D eigenvalue weighted by atomic mass is 14.9. The van der Waals surface area contributed by atoms with E-state index in [1.54, 1.807) is 12.7 Å². The maximum Gasteiger partial charge on any atom is 0.0931 e. The van der Waals surface area contributed by atoms with E-state index in [-0.39, 0.29) is 0 Å². The molecular formula is C71H87B7N8. The Balaban J connectivity index is 0.000000485. The van der Waals surface area contributed by atoms with Crippen molar-refractivity contribution in [1.82, 2.24) is 29.9 Å². The summed E-state index contributed by atoms with van der Waals surface area (Å²) >= 11 is 0. The number of fused-ring (bicyclic) bond motifs is 7. The molecule has 4 aromatic heterocycles. The predicted octanol–water partition coefficient (Wildman–Crippen LogP) is 17.7. The molecule has 0 amide bonds. The fourth-order valence-corrected chi connectivity index (χ4v) is 9.12. The number of aromatic nitrogens is 6. The van der Waals surface area contributed by atoms with Crippen LogP contribution in [0.5, 0.6) is 0 Å². The van der Waals surface area contributed by atoms with Crippen LogP contribution in [0.2, 0.25) is 47.8 Å². The van der Waals surface area contributed by atoms with E-state index in [2.05, 4.69) is 290 Å². The summed E-state index contributed by atoms with van der Waals surface area (Å²) in [6.45, 7) is 30.3. The smallest absolute Gasteiger partial charge is 0.0931 e. The van der Waals surface area contributed by atoms with E-state index in [1.165, 1.54) is 148 Å². The molecule has 2 aliphatic rings. The summed E-state index contributed by atoms with van der Waals surface area (Å²) in [5.74, 6) is 0. The van der Waals surface area contributed by atoms with E-state index in [0.717, 1.165) is 40.7 Å². The minimum atomic E-state index is 0.988. The van der Waals surface area contributed by atoms with Crippen molar-refractivity contribution < 1.29 is 0 Å². The second-order valence-corrected chi connectivity index (χ2v) is 18.4. The molecule has 14 radical (unpaired) electrons. The molecule has 14 rings (SSSR count). The lowest BCUT2D eigenvalue weighted by Gasteiger charge is -2.00. The highest BCUT2D eigenvalue weighted by molar-refractivity contribution is 6.06. The molecule has 0 aliphatic carbocycles. The number of rotatable bonds is 0. The van der Waals surface area contributed by atoms with Gasteiger partial charge in [0.15, 0.2) is 0 Å². The van der Waals surface area contributed by atoms with E-state index in [4.69, 9.17) is 0 Å². The Kier molecular flexibility index (Phi) is 39.1. The van der Waals surface area contributed by atoms with Crippen LogP contribution in [0.25, 0.3) is 54.6 Å². The van der Waals surface area contributed by atoms with E-state index in [1.807, 2.05) is 36.7 Å². The van der Waals surface area contributed by atoms with Gasteiger partial charge in [-0.3, -0.25) is 0 Å². The van der Waals surface area contributed by atoms with E-state index in [0.29, 0.717) is 0 Å². The Morgan fingerprint density at radius 2 is 0.721 bits per heavy atom. The molecule has 0 fully saturated rings. The van der Waals surface area contributed by atoms with Crippen molar-refractivity contribution in [3.8, 4) is 0 Å². The van der Waals surface area contributed by atoms with Crippen molar-refractivity contribution in [2.75, 3.05) is 17.2 Å². The van der Waals surface area contributed by atoms with Gasteiger partial charge in [-0.2, -0.15) is 0 Å². The lowest BCUT2D eigenvalue weighted by atomic mass is 10.1. The first kappa shape index (κ1) is 75.8. The lowest BCUT2D eigenvalue weighted by Crippen LogP contribution is -1.90. The van der Waals surface area contributed by atoms with Crippen LogP contribution in [0.3, 0.4) is 0 Å². The van der Waals surface area contributed by atoms with Gasteiger partial charge in [-0.05, 0) is 164 Å². The van der Waals surface area contributed by atoms with Gasteiger partial charge in [0, 0.05) is 64.2 Å². The Hall–Kier alpha value is -8.17. The van der Waals surface area contributed by atoms with Gasteiger partial charge in [0.1, 0.15) is 0 Å². The SMILES string of the molecule is C=C1Cc2c(C)cccc2N1.Cc1cccc2[nH]ccc12.Cc1cccc2[nH]ccc12.Cc1cccc2[nH]cnc12.Cc1cccc2[nH]cnc12.Cc1cccc2c1CCN2.Cc1cccc2ccccc12.[B]C.[B]C.[B]C.[B]C.[B]C.[B]C.[B]C. The maximum atomic E-state index is 4.50. The molecular weight excluding hydrogens is 1040 g/mol. The fraction of sp³-hybridized carbons (Fsp3) is 0.239. The number of allylic oxidation sites excluding steroid dienone is 1. The molecule has 0 spiro atoms. The molecule has 6 N–H and O–H groups in total. The molecule has 8 aromatic carbocycles. The number of hydrogen-bond acceptors (Lipinski definition) is 4.